The minimum Gasteiger partial charge on any atom is -0.392 e. The molecule has 2 heteroatoms. The Bertz CT molecular complexity index is 132. The van der Waals surface area contributed by atoms with Crippen LogP contribution < -0.4 is 5.32 Å². The predicted octanol–water partition coefficient (Wildman–Crippen LogP) is 1.56. The molecular weight excluding hydrogens is 150 g/mol. The van der Waals surface area contributed by atoms with Crippen LogP contribution in [-0.4, -0.2) is 24.3 Å². The minimum atomic E-state index is -0.241. The van der Waals surface area contributed by atoms with Gasteiger partial charge in [0.2, 0.25) is 0 Å². The Kier molecular flexibility index (Phi) is 6.03. The third-order valence-corrected chi connectivity index (χ3v) is 2.00. The minimum absolute atomic E-state index is 0.241. The van der Waals surface area contributed by atoms with Gasteiger partial charge in [0.15, 0.2) is 0 Å². The summed E-state index contributed by atoms with van der Waals surface area (Å²) in [5.74, 6) is 0.326. The highest BCUT2D eigenvalue weighted by Crippen LogP contribution is 1.99. The lowest BCUT2D eigenvalue weighted by molar-refractivity contribution is 0.124. The van der Waals surface area contributed by atoms with Crippen LogP contribution in [-0.2, 0) is 0 Å². The van der Waals surface area contributed by atoms with E-state index in [0.29, 0.717) is 12.5 Å². The molecule has 0 rings (SSSR count). The maximum atomic E-state index is 9.42. The zero-order chi connectivity index (χ0) is 9.56. The van der Waals surface area contributed by atoms with Crippen molar-refractivity contribution in [2.45, 2.75) is 33.3 Å². The largest absolute Gasteiger partial charge is 0.392 e. The zero-order valence-electron chi connectivity index (χ0n) is 8.43. The normalized spacial score (nSPS) is 13.4. The molecule has 1 atom stereocenters. The van der Waals surface area contributed by atoms with E-state index in [1.54, 1.807) is 0 Å². The Labute approximate surface area is 75.7 Å². The van der Waals surface area contributed by atoms with Gasteiger partial charge in [0.1, 0.15) is 0 Å². The highest BCUT2D eigenvalue weighted by molar-refractivity contribution is 4.94. The standard InChI is InChI=1S/C10H21NO/c1-5-9(4)6-11-7-10(12)8(2)3/h8,10-12H,4-7H2,1-3H3. The van der Waals surface area contributed by atoms with Crippen molar-refractivity contribution in [2.24, 2.45) is 5.92 Å². The van der Waals surface area contributed by atoms with Crippen LogP contribution in [0.25, 0.3) is 0 Å². The summed E-state index contributed by atoms with van der Waals surface area (Å²) in [5, 5.41) is 12.6. The van der Waals surface area contributed by atoms with Crippen LogP contribution in [0.2, 0.25) is 0 Å². The van der Waals surface area contributed by atoms with Crippen LogP contribution in [0.4, 0.5) is 0 Å². The molecule has 2 N–H and O–H groups in total. The monoisotopic (exact) mass is 171 g/mol. The Hall–Kier alpha value is -0.340. The number of rotatable bonds is 6. The molecule has 72 valence electrons. The molecule has 0 saturated heterocycles. The third kappa shape index (κ3) is 5.33. The lowest BCUT2D eigenvalue weighted by atomic mass is 10.1. The van der Waals surface area contributed by atoms with Crippen LogP contribution in [0.15, 0.2) is 12.2 Å². The van der Waals surface area contributed by atoms with Crippen molar-refractivity contribution in [3.05, 3.63) is 12.2 Å². The fourth-order valence-electron chi connectivity index (χ4n) is 0.758. The van der Waals surface area contributed by atoms with Gasteiger partial charge < -0.3 is 10.4 Å². The zero-order valence-corrected chi connectivity index (χ0v) is 8.43. The second-order valence-corrected chi connectivity index (χ2v) is 3.55. The Balaban J connectivity index is 3.37. The summed E-state index contributed by atoms with van der Waals surface area (Å²) in [6.45, 7) is 11.5. The molecule has 0 aliphatic heterocycles. The van der Waals surface area contributed by atoms with E-state index in [4.69, 9.17) is 0 Å². The van der Waals surface area contributed by atoms with E-state index in [1.807, 2.05) is 13.8 Å². The summed E-state index contributed by atoms with van der Waals surface area (Å²) in [4.78, 5) is 0. The highest BCUT2D eigenvalue weighted by atomic mass is 16.3. The van der Waals surface area contributed by atoms with Gasteiger partial charge in [-0.05, 0) is 12.3 Å². The Morgan fingerprint density at radius 1 is 1.50 bits per heavy atom. The van der Waals surface area contributed by atoms with Gasteiger partial charge in [0.25, 0.3) is 0 Å². The summed E-state index contributed by atoms with van der Waals surface area (Å²) in [5.41, 5.74) is 1.19. The molecular formula is C10H21NO. The van der Waals surface area contributed by atoms with Crippen molar-refractivity contribution in [2.75, 3.05) is 13.1 Å². The molecule has 2 nitrogen and oxygen atoms in total. The van der Waals surface area contributed by atoms with Crippen molar-refractivity contribution < 1.29 is 5.11 Å². The SMILES string of the molecule is C=C(CC)CNCC(O)C(C)C. The second kappa shape index (κ2) is 6.21. The van der Waals surface area contributed by atoms with Crippen LogP contribution in [0, 0.1) is 5.92 Å². The van der Waals surface area contributed by atoms with E-state index < -0.39 is 0 Å². The van der Waals surface area contributed by atoms with Crippen molar-refractivity contribution in [3.63, 3.8) is 0 Å². The Morgan fingerprint density at radius 3 is 2.50 bits per heavy atom. The molecule has 0 aliphatic rings. The van der Waals surface area contributed by atoms with Crippen molar-refractivity contribution >= 4 is 0 Å². The third-order valence-electron chi connectivity index (χ3n) is 2.00. The average Bonchev–Trinajstić information content (AvgIpc) is 2.03. The van der Waals surface area contributed by atoms with Gasteiger partial charge in [-0.25, -0.2) is 0 Å². The molecule has 0 aliphatic carbocycles. The van der Waals surface area contributed by atoms with Crippen LogP contribution in [0.5, 0.6) is 0 Å². The quantitative estimate of drug-likeness (QED) is 0.594. The molecule has 0 bridgehead atoms. The molecule has 12 heavy (non-hydrogen) atoms. The molecule has 0 aromatic carbocycles. The van der Waals surface area contributed by atoms with Gasteiger partial charge in [-0.15, -0.1) is 0 Å². The molecule has 0 fully saturated rings. The van der Waals surface area contributed by atoms with Crippen LogP contribution in [0.1, 0.15) is 27.2 Å². The lowest BCUT2D eigenvalue weighted by Crippen LogP contribution is -2.31. The van der Waals surface area contributed by atoms with Gasteiger partial charge in [-0.2, -0.15) is 0 Å². The molecule has 0 heterocycles. The van der Waals surface area contributed by atoms with E-state index >= 15 is 0 Å². The molecule has 0 saturated carbocycles. The fourth-order valence-corrected chi connectivity index (χ4v) is 0.758. The van der Waals surface area contributed by atoms with E-state index in [9.17, 15) is 5.11 Å². The molecule has 0 radical (unpaired) electrons. The van der Waals surface area contributed by atoms with E-state index in [0.717, 1.165) is 13.0 Å². The van der Waals surface area contributed by atoms with Crippen molar-refractivity contribution in [1.29, 1.82) is 0 Å². The summed E-state index contributed by atoms with van der Waals surface area (Å²) >= 11 is 0. The molecule has 0 amide bonds. The summed E-state index contributed by atoms with van der Waals surface area (Å²) in [7, 11) is 0. The van der Waals surface area contributed by atoms with Crippen molar-refractivity contribution in [1.82, 2.24) is 5.32 Å². The topological polar surface area (TPSA) is 32.3 Å². The van der Waals surface area contributed by atoms with Crippen LogP contribution in [0.3, 0.4) is 0 Å². The smallest absolute Gasteiger partial charge is 0.0687 e. The van der Waals surface area contributed by atoms with Crippen molar-refractivity contribution in [3.8, 4) is 0 Å². The molecule has 0 aromatic rings. The van der Waals surface area contributed by atoms with Crippen LogP contribution >= 0.6 is 0 Å². The lowest BCUT2D eigenvalue weighted by Gasteiger charge is -2.15. The predicted molar refractivity (Wildman–Crippen MR) is 53.1 cm³/mol. The number of hydrogen-bond acceptors (Lipinski definition) is 2. The number of hydrogen-bond donors (Lipinski definition) is 2. The van der Waals surface area contributed by atoms with E-state index in [1.165, 1.54) is 5.57 Å². The Morgan fingerprint density at radius 2 is 2.08 bits per heavy atom. The average molecular weight is 171 g/mol. The van der Waals surface area contributed by atoms with Gasteiger partial charge in [-0.1, -0.05) is 32.9 Å². The first kappa shape index (κ1) is 11.7. The number of aliphatic hydroxyl groups is 1. The molecule has 0 aromatic heterocycles. The molecule has 1 unspecified atom stereocenters. The summed E-state index contributed by atoms with van der Waals surface area (Å²) in [6.07, 6.45) is 0.764. The first-order valence-corrected chi connectivity index (χ1v) is 4.63. The molecule has 0 spiro atoms. The first-order valence-electron chi connectivity index (χ1n) is 4.63. The number of nitrogens with one attached hydrogen (secondary N) is 1. The summed E-state index contributed by atoms with van der Waals surface area (Å²) in [6, 6.07) is 0. The maximum Gasteiger partial charge on any atom is 0.0687 e. The van der Waals surface area contributed by atoms with Gasteiger partial charge in [0, 0.05) is 13.1 Å². The van der Waals surface area contributed by atoms with E-state index in [-0.39, 0.29) is 6.10 Å². The van der Waals surface area contributed by atoms with Gasteiger partial charge >= 0.3 is 0 Å². The van der Waals surface area contributed by atoms with Gasteiger partial charge in [0.05, 0.1) is 6.10 Å². The highest BCUT2D eigenvalue weighted by Gasteiger charge is 2.07. The second-order valence-electron chi connectivity index (χ2n) is 3.55. The van der Waals surface area contributed by atoms with E-state index in [2.05, 4.69) is 18.8 Å². The maximum absolute atomic E-state index is 9.42. The first-order chi connectivity index (χ1) is 5.57. The fraction of sp³-hybridized carbons (Fsp3) is 0.800. The van der Waals surface area contributed by atoms with Gasteiger partial charge in [-0.3, -0.25) is 0 Å². The number of aliphatic hydroxyl groups excluding tert-OH is 1. The summed E-state index contributed by atoms with van der Waals surface area (Å²) < 4.78 is 0.